The van der Waals surface area contributed by atoms with Gasteiger partial charge in [-0.15, -0.1) is 0 Å². The molecule has 0 radical (unpaired) electrons. The fourth-order valence-electron chi connectivity index (χ4n) is 3.34. The normalized spacial score (nSPS) is 37.8. The highest BCUT2D eigenvalue weighted by Gasteiger charge is 2.31. The molecule has 2 atom stereocenters. The molecule has 2 fully saturated rings. The van der Waals surface area contributed by atoms with E-state index in [2.05, 4.69) is 6.92 Å². The van der Waals surface area contributed by atoms with Gasteiger partial charge in [0, 0.05) is 0 Å². The molecule has 2 saturated carbocycles. The number of hydrogen-bond donors (Lipinski definition) is 0. The Bertz CT molecular complexity index is 133. The lowest BCUT2D eigenvalue weighted by Gasteiger charge is -2.17. The van der Waals surface area contributed by atoms with Gasteiger partial charge < -0.3 is 0 Å². The molecule has 2 aliphatic rings. The van der Waals surface area contributed by atoms with Gasteiger partial charge in [-0.1, -0.05) is 45.4 Å². The SMILES string of the molecule is CCC1CCC(C2CCCC2)C1. The minimum Gasteiger partial charge on any atom is -0.0651 e. The Morgan fingerprint density at radius 2 is 1.67 bits per heavy atom. The molecule has 0 N–H and O–H groups in total. The van der Waals surface area contributed by atoms with Gasteiger partial charge in [-0.3, -0.25) is 0 Å². The van der Waals surface area contributed by atoms with Crippen LogP contribution in [0.25, 0.3) is 0 Å². The van der Waals surface area contributed by atoms with Crippen molar-refractivity contribution in [1.29, 1.82) is 0 Å². The first-order valence-electron chi connectivity index (χ1n) is 5.90. The Morgan fingerprint density at radius 3 is 2.25 bits per heavy atom. The van der Waals surface area contributed by atoms with E-state index in [9.17, 15) is 0 Å². The highest BCUT2D eigenvalue weighted by molar-refractivity contribution is 4.82. The summed E-state index contributed by atoms with van der Waals surface area (Å²) in [5.41, 5.74) is 0. The van der Waals surface area contributed by atoms with Gasteiger partial charge in [-0.2, -0.15) is 0 Å². The molecule has 0 spiro atoms. The predicted octanol–water partition coefficient (Wildman–Crippen LogP) is 4.00. The summed E-state index contributed by atoms with van der Waals surface area (Å²) >= 11 is 0. The zero-order valence-corrected chi connectivity index (χ0v) is 8.39. The molecule has 12 heavy (non-hydrogen) atoms. The second-order valence-corrected chi connectivity index (χ2v) is 4.89. The van der Waals surface area contributed by atoms with E-state index in [-0.39, 0.29) is 0 Å². The third-order valence-corrected chi connectivity index (χ3v) is 4.23. The second kappa shape index (κ2) is 3.81. The number of hydrogen-bond acceptors (Lipinski definition) is 0. The highest BCUT2D eigenvalue weighted by atomic mass is 14.4. The minimum atomic E-state index is 1.09. The Balaban J connectivity index is 1.81. The molecule has 0 heterocycles. The van der Waals surface area contributed by atoms with Crippen LogP contribution < -0.4 is 0 Å². The fourth-order valence-corrected chi connectivity index (χ4v) is 3.34. The molecule has 0 saturated heterocycles. The molecule has 2 unspecified atom stereocenters. The van der Waals surface area contributed by atoms with Crippen molar-refractivity contribution >= 4 is 0 Å². The van der Waals surface area contributed by atoms with Gasteiger partial charge >= 0.3 is 0 Å². The standard InChI is InChI=1S/C12H22/c1-2-10-7-8-12(9-10)11-5-3-4-6-11/h10-12H,2-9H2,1H3. The van der Waals surface area contributed by atoms with Crippen LogP contribution in [0.1, 0.15) is 58.3 Å². The predicted molar refractivity (Wildman–Crippen MR) is 53.1 cm³/mol. The maximum absolute atomic E-state index is 2.36. The molecule has 0 amide bonds. The van der Waals surface area contributed by atoms with Crippen molar-refractivity contribution in [3.8, 4) is 0 Å². The lowest BCUT2D eigenvalue weighted by atomic mass is 9.88. The smallest absolute Gasteiger partial charge is 0.0383 e. The van der Waals surface area contributed by atoms with Gasteiger partial charge in [0.2, 0.25) is 0 Å². The zero-order valence-electron chi connectivity index (χ0n) is 8.39. The van der Waals surface area contributed by atoms with Crippen LogP contribution in [-0.2, 0) is 0 Å². The van der Waals surface area contributed by atoms with Crippen LogP contribution >= 0.6 is 0 Å². The van der Waals surface area contributed by atoms with E-state index in [1.807, 2.05) is 0 Å². The summed E-state index contributed by atoms with van der Waals surface area (Å²) in [5, 5.41) is 0. The first-order chi connectivity index (χ1) is 5.90. The summed E-state index contributed by atoms with van der Waals surface area (Å²) in [7, 11) is 0. The van der Waals surface area contributed by atoms with Crippen molar-refractivity contribution < 1.29 is 0 Å². The van der Waals surface area contributed by atoms with Crippen LogP contribution in [-0.4, -0.2) is 0 Å². The van der Waals surface area contributed by atoms with E-state index in [0.29, 0.717) is 0 Å². The zero-order chi connectivity index (χ0) is 8.39. The quantitative estimate of drug-likeness (QED) is 0.581. The Hall–Kier alpha value is 0. The van der Waals surface area contributed by atoms with Crippen molar-refractivity contribution in [3.05, 3.63) is 0 Å². The van der Waals surface area contributed by atoms with Gasteiger partial charge in [0.1, 0.15) is 0 Å². The van der Waals surface area contributed by atoms with Crippen LogP contribution in [0.3, 0.4) is 0 Å². The van der Waals surface area contributed by atoms with E-state index < -0.39 is 0 Å². The first-order valence-corrected chi connectivity index (χ1v) is 5.90. The molecule has 0 heteroatoms. The molecular weight excluding hydrogens is 144 g/mol. The van der Waals surface area contributed by atoms with E-state index >= 15 is 0 Å². The van der Waals surface area contributed by atoms with E-state index in [1.165, 1.54) is 25.7 Å². The van der Waals surface area contributed by atoms with Gasteiger partial charge in [-0.25, -0.2) is 0 Å². The molecular formula is C12H22. The summed E-state index contributed by atoms with van der Waals surface area (Å²) in [6.45, 7) is 2.36. The Kier molecular flexibility index (Phi) is 2.73. The molecule has 0 bridgehead atoms. The van der Waals surface area contributed by atoms with E-state index in [4.69, 9.17) is 0 Å². The molecule has 2 aliphatic carbocycles. The summed E-state index contributed by atoms with van der Waals surface area (Å²) in [6.07, 6.45) is 12.3. The minimum absolute atomic E-state index is 1.09. The summed E-state index contributed by atoms with van der Waals surface area (Å²) < 4.78 is 0. The van der Waals surface area contributed by atoms with E-state index in [1.54, 1.807) is 25.7 Å². The fraction of sp³-hybridized carbons (Fsp3) is 1.00. The van der Waals surface area contributed by atoms with Crippen LogP contribution in [0.15, 0.2) is 0 Å². The lowest BCUT2D eigenvalue weighted by Crippen LogP contribution is -2.07. The molecule has 0 aromatic heterocycles. The third kappa shape index (κ3) is 1.67. The molecule has 70 valence electrons. The monoisotopic (exact) mass is 166 g/mol. The highest BCUT2D eigenvalue weighted by Crippen LogP contribution is 2.43. The van der Waals surface area contributed by atoms with Crippen molar-refractivity contribution in [2.75, 3.05) is 0 Å². The van der Waals surface area contributed by atoms with Crippen molar-refractivity contribution in [2.45, 2.75) is 58.3 Å². The average Bonchev–Trinajstić information content (AvgIpc) is 2.75. The molecule has 0 aromatic rings. The van der Waals surface area contributed by atoms with Gasteiger partial charge in [0.25, 0.3) is 0 Å². The van der Waals surface area contributed by atoms with Crippen LogP contribution in [0.4, 0.5) is 0 Å². The first kappa shape index (κ1) is 8.59. The lowest BCUT2D eigenvalue weighted by molar-refractivity contribution is 0.333. The van der Waals surface area contributed by atoms with Gasteiger partial charge in [-0.05, 0) is 30.6 Å². The molecule has 2 rings (SSSR count). The van der Waals surface area contributed by atoms with E-state index in [0.717, 1.165) is 17.8 Å². The molecule has 0 aromatic carbocycles. The maximum Gasteiger partial charge on any atom is -0.0383 e. The Morgan fingerprint density at radius 1 is 0.917 bits per heavy atom. The third-order valence-electron chi connectivity index (χ3n) is 4.23. The van der Waals surface area contributed by atoms with Gasteiger partial charge in [0.15, 0.2) is 0 Å². The van der Waals surface area contributed by atoms with Gasteiger partial charge in [0.05, 0.1) is 0 Å². The summed E-state index contributed by atoms with van der Waals surface area (Å²) in [6, 6.07) is 0. The molecule has 0 aliphatic heterocycles. The second-order valence-electron chi connectivity index (χ2n) is 4.89. The summed E-state index contributed by atoms with van der Waals surface area (Å²) in [5.74, 6) is 3.37. The van der Waals surface area contributed by atoms with Crippen molar-refractivity contribution in [1.82, 2.24) is 0 Å². The molecule has 0 nitrogen and oxygen atoms in total. The van der Waals surface area contributed by atoms with Crippen molar-refractivity contribution in [3.63, 3.8) is 0 Å². The van der Waals surface area contributed by atoms with Crippen molar-refractivity contribution in [2.24, 2.45) is 17.8 Å². The Labute approximate surface area is 76.7 Å². The number of rotatable bonds is 2. The topological polar surface area (TPSA) is 0 Å². The van der Waals surface area contributed by atoms with Crippen LogP contribution in [0, 0.1) is 17.8 Å². The largest absolute Gasteiger partial charge is 0.0651 e. The summed E-state index contributed by atoms with van der Waals surface area (Å²) in [4.78, 5) is 0. The van der Waals surface area contributed by atoms with Crippen LogP contribution in [0.5, 0.6) is 0 Å². The average molecular weight is 166 g/mol. The van der Waals surface area contributed by atoms with Crippen LogP contribution in [0.2, 0.25) is 0 Å². The maximum atomic E-state index is 2.36.